The second kappa shape index (κ2) is 13.4. The molecule has 0 aliphatic heterocycles. The van der Waals surface area contributed by atoms with Crippen molar-refractivity contribution < 1.29 is 24.9 Å². The van der Waals surface area contributed by atoms with E-state index in [9.17, 15) is 20.3 Å². The number of rotatable bonds is 15. The summed E-state index contributed by atoms with van der Waals surface area (Å²) in [5, 5.41) is 39.5. The minimum atomic E-state index is -0.406. The largest absolute Gasteiger partial charge is 0.463 e. The molecule has 0 aromatic carbocycles. The average molecular weight is 438 g/mol. The summed E-state index contributed by atoms with van der Waals surface area (Å²) in [5.41, 5.74) is 0.132. The van der Waals surface area contributed by atoms with Gasteiger partial charge in [-0.25, -0.2) is 0 Å². The van der Waals surface area contributed by atoms with Gasteiger partial charge in [0, 0.05) is 6.42 Å². The standard InChI is InChI=1S/C25H43NO5/c1-2-25(13-8-14-25)23(29)11-7-10-21-20(19(18-26)17-22(21)28)9-5-3-4-6-12-24(30)31-16-15-27/h19-23,27-29H,2-17H2,1H3/t19-,20-,21+,22+,23?/m0/s1. The number of hydrogen-bond donors (Lipinski definition) is 3. The molecule has 0 saturated heterocycles. The molecule has 2 aliphatic rings. The van der Waals surface area contributed by atoms with Gasteiger partial charge in [0.05, 0.1) is 30.8 Å². The quantitative estimate of drug-likeness (QED) is 0.263. The summed E-state index contributed by atoms with van der Waals surface area (Å²) >= 11 is 0. The monoisotopic (exact) mass is 437 g/mol. The summed E-state index contributed by atoms with van der Waals surface area (Å²) in [5.74, 6) is 0.0540. The molecule has 178 valence electrons. The first-order chi connectivity index (χ1) is 15.0. The Morgan fingerprint density at radius 2 is 1.87 bits per heavy atom. The summed E-state index contributed by atoms with van der Waals surface area (Å²) in [7, 11) is 0. The number of nitrogens with zero attached hydrogens (tertiary/aromatic N) is 1. The second-order valence-electron chi connectivity index (χ2n) is 9.78. The molecule has 1 unspecified atom stereocenters. The van der Waals surface area contributed by atoms with Crippen LogP contribution in [0.15, 0.2) is 0 Å². The van der Waals surface area contributed by atoms with E-state index in [0.29, 0.717) is 12.8 Å². The lowest BCUT2D eigenvalue weighted by Gasteiger charge is -2.45. The van der Waals surface area contributed by atoms with Crippen LogP contribution in [-0.2, 0) is 9.53 Å². The number of esters is 1. The Bertz CT molecular complexity index is 565. The van der Waals surface area contributed by atoms with Crippen LogP contribution in [0.3, 0.4) is 0 Å². The van der Waals surface area contributed by atoms with Crippen LogP contribution in [0.5, 0.6) is 0 Å². The van der Waals surface area contributed by atoms with Crippen molar-refractivity contribution in [1.29, 1.82) is 5.26 Å². The molecule has 0 heterocycles. The lowest BCUT2D eigenvalue weighted by atomic mass is 9.62. The predicted octanol–water partition coefficient (Wildman–Crippen LogP) is 4.11. The topological polar surface area (TPSA) is 111 Å². The van der Waals surface area contributed by atoms with Crippen molar-refractivity contribution in [2.75, 3.05) is 13.2 Å². The number of hydrogen-bond acceptors (Lipinski definition) is 6. The molecule has 0 aromatic rings. The molecule has 0 amide bonds. The Balaban J connectivity index is 1.70. The number of aliphatic hydroxyl groups excluding tert-OH is 3. The maximum atomic E-state index is 11.4. The van der Waals surface area contributed by atoms with Crippen LogP contribution >= 0.6 is 0 Å². The highest BCUT2D eigenvalue weighted by atomic mass is 16.5. The van der Waals surface area contributed by atoms with E-state index in [1.807, 2.05) is 0 Å². The molecule has 2 rings (SSSR count). The molecule has 6 heteroatoms. The van der Waals surface area contributed by atoms with E-state index in [-0.39, 0.29) is 48.5 Å². The molecule has 0 aromatic heterocycles. The normalized spacial score (nSPS) is 28.0. The Hall–Kier alpha value is -1.16. The number of aliphatic hydroxyl groups is 3. The summed E-state index contributed by atoms with van der Waals surface area (Å²) in [6.45, 7) is 2.10. The Morgan fingerprint density at radius 3 is 2.48 bits per heavy atom. The SMILES string of the molecule is CCC1(C(O)CCC[C@@H]2[C@@H](CCCCCCC(=O)OCCO)[C@H](C#N)C[C@H]2O)CCC1. The molecule has 2 saturated carbocycles. The third-order valence-corrected chi connectivity index (χ3v) is 8.02. The van der Waals surface area contributed by atoms with E-state index in [4.69, 9.17) is 9.84 Å². The van der Waals surface area contributed by atoms with Crippen molar-refractivity contribution in [3.05, 3.63) is 0 Å². The van der Waals surface area contributed by atoms with E-state index in [2.05, 4.69) is 13.0 Å². The maximum absolute atomic E-state index is 11.4. The van der Waals surface area contributed by atoms with E-state index < -0.39 is 6.10 Å². The van der Waals surface area contributed by atoms with Crippen molar-refractivity contribution in [1.82, 2.24) is 0 Å². The molecular weight excluding hydrogens is 394 g/mol. The molecule has 0 radical (unpaired) electrons. The average Bonchev–Trinajstić information content (AvgIpc) is 3.03. The Labute approximate surface area is 188 Å². The number of carbonyl (C=O) groups excluding carboxylic acids is 1. The zero-order valence-electron chi connectivity index (χ0n) is 19.3. The van der Waals surface area contributed by atoms with Crippen LogP contribution in [0.25, 0.3) is 0 Å². The van der Waals surface area contributed by atoms with Crippen molar-refractivity contribution in [2.24, 2.45) is 23.2 Å². The van der Waals surface area contributed by atoms with Crippen LogP contribution in [0, 0.1) is 34.5 Å². The molecule has 0 spiro atoms. The number of unbranched alkanes of at least 4 members (excludes halogenated alkanes) is 3. The fraction of sp³-hybridized carbons (Fsp3) is 0.920. The highest BCUT2D eigenvalue weighted by molar-refractivity contribution is 5.69. The zero-order chi connectivity index (χ0) is 22.7. The summed E-state index contributed by atoms with van der Waals surface area (Å²) in [6.07, 6.45) is 12.1. The van der Waals surface area contributed by atoms with Gasteiger partial charge in [-0.1, -0.05) is 39.0 Å². The van der Waals surface area contributed by atoms with E-state index in [1.165, 1.54) is 6.42 Å². The van der Waals surface area contributed by atoms with Gasteiger partial charge < -0.3 is 20.1 Å². The van der Waals surface area contributed by atoms with Crippen molar-refractivity contribution >= 4 is 5.97 Å². The molecule has 2 fully saturated rings. The summed E-state index contributed by atoms with van der Waals surface area (Å²) < 4.78 is 4.86. The second-order valence-corrected chi connectivity index (χ2v) is 9.78. The molecule has 0 bridgehead atoms. The minimum Gasteiger partial charge on any atom is -0.463 e. The predicted molar refractivity (Wildman–Crippen MR) is 119 cm³/mol. The van der Waals surface area contributed by atoms with Crippen molar-refractivity contribution in [3.8, 4) is 6.07 Å². The first-order valence-corrected chi connectivity index (χ1v) is 12.5. The van der Waals surface area contributed by atoms with Crippen LogP contribution in [0.4, 0.5) is 0 Å². The van der Waals surface area contributed by atoms with Crippen LogP contribution in [0.2, 0.25) is 0 Å². The lowest BCUT2D eigenvalue weighted by Crippen LogP contribution is -2.40. The van der Waals surface area contributed by atoms with E-state index >= 15 is 0 Å². The summed E-state index contributed by atoms with van der Waals surface area (Å²) in [4.78, 5) is 11.4. The molecule has 3 N–H and O–H groups in total. The fourth-order valence-electron chi connectivity index (χ4n) is 5.80. The smallest absolute Gasteiger partial charge is 0.305 e. The molecule has 2 aliphatic carbocycles. The molecular formula is C25H43NO5. The third-order valence-electron chi connectivity index (χ3n) is 8.02. The summed E-state index contributed by atoms with van der Waals surface area (Å²) in [6, 6.07) is 2.42. The van der Waals surface area contributed by atoms with Crippen molar-refractivity contribution in [2.45, 2.75) is 109 Å². The highest BCUT2D eigenvalue weighted by Crippen LogP contribution is 2.48. The van der Waals surface area contributed by atoms with Crippen molar-refractivity contribution in [3.63, 3.8) is 0 Å². The first-order valence-electron chi connectivity index (χ1n) is 12.5. The van der Waals surface area contributed by atoms with Gasteiger partial charge in [0.15, 0.2) is 0 Å². The van der Waals surface area contributed by atoms with E-state index in [1.54, 1.807) is 0 Å². The molecule has 6 nitrogen and oxygen atoms in total. The minimum absolute atomic E-state index is 0.0657. The van der Waals surface area contributed by atoms with Gasteiger partial charge in [-0.3, -0.25) is 4.79 Å². The van der Waals surface area contributed by atoms with E-state index in [0.717, 1.165) is 70.6 Å². The van der Waals surface area contributed by atoms with Gasteiger partial charge in [0.2, 0.25) is 0 Å². The van der Waals surface area contributed by atoms with Gasteiger partial charge >= 0.3 is 5.97 Å². The lowest BCUT2D eigenvalue weighted by molar-refractivity contribution is -0.144. The third kappa shape index (κ3) is 7.44. The Kier molecular flexibility index (Phi) is 11.3. The van der Waals surface area contributed by atoms with Gasteiger partial charge in [-0.15, -0.1) is 0 Å². The van der Waals surface area contributed by atoms with Gasteiger partial charge in [-0.2, -0.15) is 5.26 Å². The van der Waals surface area contributed by atoms with Gasteiger partial charge in [-0.05, 0) is 68.6 Å². The van der Waals surface area contributed by atoms with Crippen LogP contribution in [0.1, 0.15) is 96.8 Å². The number of ether oxygens (including phenoxy) is 1. The number of nitriles is 1. The first kappa shape index (κ1) is 26.1. The maximum Gasteiger partial charge on any atom is 0.305 e. The van der Waals surface area contributed by atoms with Gasteiger partial charge in [0.25, 0.3) is 0 Å². The molecule has 31 heavy (non-hydrogen) atoms. The van der Waals surface area contributed by atoms with Gasteiger partial charge in [0.1, 0.15) is 6.61 Å². The molecule has 5 atom stereocenters. The van der Waals surface area contributed by atoms with Crippen LogP contribution in [-0.4, -0.2) is 46.7 Å². The van der Waals surface area contributed by atoms with Crippen LogP contribution < -0.4 is 0 Å². The Morgan fingerprint density at radius 1 is 1.16 bits per heavy atom. The fourth-order valence-corrected chi connectivity index (χ4v) is 5.80. The number of carbonyl (C=O) groups is 1. The zero-order valence-corrected chi connectivity index (χ0v) is 19.3. The highest BCUT2D eigenvalue weighted by Gasteiger charge is 2.43.